The summed E-state index contributed by atoms with van der Waals surface area (Å²) in [6, 6.07) is 0. The Morgan fingerprint density at radius 2 is 2.10 bits per heavy atom. The number of hydrogen-bond donors (Lipinski definition) is 1. The van der Waals surface area contributed by atoms with Gasteiger partial charge in [0.15, 0.2) is 11.5 Å². The van der Waals surface area contributed by atoms with E-state index in [1.165, 1.54) is 30.6 Å². The van der Waals surface area contributed by atoms with Gasteiger partial charge in [-0.3, -0.25) is 4.79 Å². The Balaban J connectivity index is 1.84. The first-order valence-corrected chi connectivity index (χ1v) is 8.15. The fourth-order valence-electron chi connectivity index (χ4n) is 2.72. The maximum absolute atomic E-state index is 12.3. The molecule has 2 aliphatic carbocycles. The lowest BCUT2D eigenvalue weighted by atomic mass is 9.85. The summed E-state index contributed by atoms with van der Waals surface area (Å²) in [6.07, 6.45) is 5.97. The highest BCUT2D eigenvalue weighted by molar-refractivity contribution is 7.19. The molecule has 0 aliphatic heterocycles. The number of carbonyl (C=O) groups is 1. The molecule has 4 nitrogen and oxygen atoms in total. The number of carbonyl (C=O) groups excluding carboxylic acids is 1. The standard InChI is InChI=1S/C15H22N2O2S/c1-17(8-9-4-3-5-9)15-13(19-2)11(16)14(20-15)12(18)10-6-7-10/h9-10H,3-8,16H2,1-2H3. The molecule has 110 valence electrons. The van der Waals surface area contributed by atoms with Crippen molar-refractivity contribution in [3.8, 4) is 5.75 Å². The Morgan fingerprint density at radius 3 is 2.60 bits per heavy atom. The first kappa shape index (κ1) is 13.7. The third-order valence-electron chi connectivity index (χ3n) is 4.36. The van der Waals surface area contributed by atoms with Crippen molar-refractivity contribution in [3.05, 3.63) is 4.88 Å². The van der Waals surface area contributed by atoms with Crippen LogP contribution in [0, 0.1) is 11.8 Å². The van der Waals surface area contributed by atoms with Crippen LogP contribution in [0.2, 0.25) is 0 Å². The van der Waals surface area contributed by atoms with Crippen molar-refractivity contribution in [1.29, 1.82) is 0 Å². The Kier molecular flexibility index (Phi) is 3.63. The lowest BCUT2D eigenvalue weighted by molar-refractivity contribution is 0.0972. The fraction of sp³-hybridized carbons (Fsp3) is 0.667. The monoisotopic (exact) mass is 294 g/mol. The van der Waals surface area contributed by atoms with E-state index in [0.717, 1.165) is 30.3 Å². The van der Waals surface area contributed by atoms with Crippen LogP contribution in [0.1, 0.15) is 41.8 Å². The Hall–Kier alpha value is -1.23. The molecule has 0 saturated heterocycles. The van der Waals surface area contributed by atoms with Gasteiger partial charge in [0.2, 0.25) is 0 Å². The molecule has 1 aromatic heterocycles. The van der Waals surface area contributed by atoms with Gasteiger partial charge in [0.25, 0.3) is 0 Å². The quantitative estimate of drug-likeness (QED) is 0.819. The molecule has 0 spiro atoms. The smallest absolute Gasteiger partial charge is 0.178 e. The molecule has 0 atom stereocenters. The Labute approximate surface area is 123 Å². The molecule has 1 heterocycles. The number of rotatable bonds is 6. The highest BCUT2D eigenvalue weighted by Gasteiger charge is 2.35. The summed E-state index contributed by atoms with van der Waals surface area (Å²) >= 11 is 1.50. The molecular weight excluding hydrogens is 272 g/mol. The fourth-order valence-corrected chi connectivity index (χ4v) is 3.90. The molecule has 0 radical (unpaired) electrons. The number of hydrogen-bond acceptors (Lipinski definition) is 5. The van der Waals surface area contributed by atoms with Gasteiger partial charge in [0, 0.05) is 19.5 Å². The van der Waals surface area contributed by atoms with Crippen LogP contribution in [0.25, 0.3) is 0 Å². The topological polar surface area (TPSA) is 55.6 Å². The van der Waals surface area contributed by atoms with Gasteiger partial charge < -0.3 is 15.4 Å². The van der Waals surface area contributed by atoms with Gasteiger partial charge in [0.1, 0.15) is 5.00 Å². The summed E-state index contributed by atoms with van der Waals surface area (Å²) in [7, 11) is 3.70. The number of Topliss-reactive ketones (excluding diaryl/α,β-unsaturated/α-hetero) is 1. The lowest BCUT2D eigenvalue weighted by Gasteiger charge is -2.30. The van der Waals surface area contributed by atoms with Gasteiger partial charge >= 0.3 is 0 Å². The first-order valence-electron chi connectivity index (χ1n) is 7.33. The number of anilines is 2. The lowest BCUT2D eigenvalue weighted by Crippen LogP contribution is -2.28. The van der Waals surface area contributed by atoms with E-state index in [-0.39, 0.29) is 11.7 Å². The number of methoxy groups -OCH3 is 1. The van der Waals surface area contributed by atoms with Crippen LogP contribution >= 0.6 is 11.3 Å². The number of ether oxygens (including phenoxy) is 1. The van der Waals surface area contributed by atoms with Crippen LogP contribution in [0.15, 0.2) is 0 Å². The second-order valence-corrected chi connectivity index (χ2v) is 7.00. The Bertz CT molecular complexity index is 518. The van der Waals surface area contributed by atoms with Gasteiger partial charge in [-0.2, -0.15) is 0 Å². The largest absolute Gasteiger partial charge is 0.492 e. The van der Waals surface area contributed by atoms with Crippen molar-refractivity contribution < 1.29 is 9.53 Å². The maximum Gasteiger partial charge on any atom is 0.178 e. The molecule has 1 aromatic rings. The van der Waals surface area contributed by atoms with Crippen LogP contribution in [-0.4, -0.2) is 26.5 Å². The molecule has 20 heavy (non-hydrogen) atoms. The predicted molar refractivity (Wildman–Crippen MR) is 82.9 cm³/mol. The minimum atomic E-state index is 0.199. The van der Waals surface area contributed by atoms with Crippen LogP contribution in [-0.2, 0) is 0 Å². The van der Waals surface area contributed by atoms with Gasteiger partial charge in [-0.1, -0.05) is 6.42 Å². The van der Waals surface area contributed by atoms with Crippen molar-refractivity contribution in [3.63, 3.8) is 0 Å². The van der Waals surface area contributed by atoms with Crippen molar-refractivity contribution in [2.75, 3.05) is 31.3 Å². The average molecular weight is 294 g/mol. The van der Waals surface area contributed by atoms with E-state index >= 15 is 0 Å². The molecule has 2 N–H and O–H groups in total. The van der Waals surface area contributed by atoms with E-state index in [1.807, 2.05) is 0 Å². The molecule has 0 amide bonds. The summed E-state index contributed by atoms with van der Waals surface area (Å²) in [5, 5.41) is 1.00. The highest BCUT2D eigenvalue weighted by atomic mass is 32.1. The zero-order valence-electron chi connectivity index (χ0n) is 12.1. The zero-order valence-corrected chi connectivity index (χ0v) is 13.0. The predicted octanol–water partition coefficient (Wildman–Crippen LogP) is 3.17. The number of ketones is 1. The molecule has 0 aromatic carbocycles. The second kappa shape index (κ2) is 5.28. The summed E-state index contributed by atoms with van der Waals surface area (Å²) < 4.78 is 5.45. The summed E-state index contributed by atoms with van der Waals surface area (Å²) in [4.78, 5) is 15.2. The minimum Gasteiger partial charge on any atom is -0.492 e. The van der Waals surface area contributed by atoms with E-state index < -0.39 is 0 Å². The average Bonchev–Trinajstić information content (AvgIpc) is 3.17. The maximum atomic E-state index is 12.3. The summed E-state index contributed by atoms with van der Waals surface area (Å²) in [5.41, 5.74) is 6.67. The Morgan fingerprint density at radius 1 is 1.40 bits per heavy atom. The summed E-state index contributed by atoms with van der Waals surface area (Å²) in [5.74, 6) is 1.86. The van der Waals surface area contributed by atoms with Gasteiger partial charge in [-0.25, -0.2) is 0 Å². The summed E-state index contributed by atoms with van der Waals surface area (Å²) in [6.45, 7) is 1.02. The first-order chi connectivity index (χ1) is 9.61. The number of nitrogens with two attached hydrogens (primary N) is 1. The van der Waals surface area contributed by atoms with Crippen LogP contribution in [0.3, 0.4) is 0 Å². The number of nitrogen functional groups attached to an aromatic ring is 1. The van der Waals surface area contributed by atoms with E-state index in [1.54, 1.807) is 7.11 Å². The van der Waals surface area contributed by atoms with E-state index in [4.69, 9.17) is 10.5 Å². The molecule has 0 bridgehead atoms. The highest BCUT2D eigenvalue weighted by Crippen LogP contribution is 2.47. The van der Waals surface area contributed by atoms with Gasteiger partial charge in [0.05, 0.1) is 17.7 Å². The van der Waals surface area contributed by atoms with Crippen LogP contribution < -0.4 is 15.4 Å². The van der Waals surface area contributed by atoms with E-state index in [2.05, 4.69) is 11.9 Å². The van der Waals surface area contributed by atoms with Crippen LogP contribution in [0.5, 0.6) is 5.75 Å². The molecular formula is C15H22N2O2S. The van der Waals surface area contributed by atoms with E-state index in [9.17, 15) is 4.79 Å². The van der Waals surface area contributed by atoms with Crippen LogP contribution in [0.4, 0.5) is 10.7 Å². The zero-order chi connectivity index (χ0) is 14.3. The third kappa shape index (κ3) is 2.39. The number of thiophene rings is 1. The van der Waals surface area contributed by atoms with Crippen molar-refractivity contribution in [2.45, 2.75) is 32.1 Å². The van der Waals surface area contributed by atoms with Crippen molar-refractivity contribution >= 4 is 27.8 Å². The second-order valence-electron chi connectivity index (χ2n) is 6.00. The molecule has 2 saturated carbocycles. The molecule has 2 fully saturated rings. The molecule has 2 aliphatic rings. The molecule has 0 unspecified atom stereocenters. The number of nitrogens with zero attached hydrogens (tertiary/aromatic N) is 1. The van der Waals surface area contributed by atoms with Crippen molar-refractivity contribution in [2.24, 2.45) is 11.8 Å². The molecule has 5 heteroatoms. The van der Waals surface area contributed by atoms with E-state index in [0.29, 0.717) is 16.3 Å². The molecule has 3 rings (SSSR count). The minimum absolute atomic E-state index is 0.199. The normalized spacial score (nSPS) is 18.7. The third-order valence-corrected chi connectivity index (χ3v) is 5.68. The van der Waals surface area contributed by atoms with Crippen molar-refractivity contribution in [1.82, 2.24) is 0 Å². The van der Waals surface area contributed by atoms with Gasteiger partial charge in [-0.05, 0) is 31.6 Å². The SMILES string of the molecule is COc1c(N(C)CC2CCC2)sc(C(=O)C2CC2)c1N. The van der Waals surface area contributed by atoms with Gasteiger partial charge in [-0.15, -0.1) is 11.3 Å².